The van der Waals surface area contributed by atoms with Gasteiger partial charge in [-0.2, -0.15) is 0 Å². The minimum atomic E-state index is -1.13. The molecule has 116 valence electrons. The maximum absolute atomic E-state index is 12.3. The number of aromatic hydroxyl groups is 1. The Bertz CT molecular complexity index is 535. The lowest BCUT2D eigenvalue weighted by molar-refractivity contribution is -0.150. The van der Waals surface area contributed by atoms with Crippen molar-refractivity contribution < 1.29 is 19.8 Å². The molecule has 0 spiro atoms. The van der Waals surface area contributed by atoms with Crippen LogP contribution in [-0.4, -0.2) is 34.8 Å². The zero-order chi connectivity index (χ0) is 16.4. The molecule has 6 nitrogen and oxygen atoms in total. The molecule has 0 bridgehead atoms. The fraction of sp³-hybridized carbons (Fsp3) is 0.467. The van der Waals surface area contributed by atoms with Crippen LogP contribution in [0.25, 0.3) is 0 Å². The number of hydrogen-bond donors (Lipinski definition) is 3. The third-order valence-corrected chi connectivity index (χ3v) is 4.06. The SMILES string of the molecule is CN(C(=O)NC(C)(C)C(C)(C)C(=O)O)c1ccc(O)cc1. The molecule has 0 heterocycles. The van der Waals surface area contributed by atoms with Gasteiger partial charge in [-0.25, -0.2) is 4.79 Å². The summed E-state index contributed by atoms with van der Waals surface area (Å²) in [6.45, 7) is 6.47. The van der Waals surface area contributed by atoms with Crippen LogP contribution in [0.5, 0.6) is 5.75 Å². The highest BCUT2D eigenvalue weighted by Gasteiger charge is 2.44. The molecule has 3 N–H and O–H groups in total. The second-order valence-electron chi connectivity index (χ2n) is 6.06. The van der Waals surface area contributed by atoms with Crippen molar-refractivity contribution in [1.82, 2.24) is 5.32 Å². The number of benzene rings is 1. The molecule has 1 aromatic carbocycles. The maximum atomic E-state index is 12.3. The Hall–Kier alpha value is -2.24. The number of carboxylic acids is 1. The Kier molecular flexibility index (Phi) is 4.51. The van der Waals surface area contributed by atoms with Gasteiger partial charge in [0.15, 0.2) is 0 Å². The van der Waals surface area contributed by atoms with Gasteiger partial charge < -0.3 is 15.5 Å². The highest BCUT2D eigenvalue weighted by atomic mass is 16.4. The van der Waals surface area contributed by atoms with Crippen LogP contribution in [0, 0.1) is 5.41 Å². The number of nitrogens with one attached hydrogen (secondary N) is 1. The number of anilines is 1. The number of carbonyl (C=O) groups excluding carboxylic acids is 1. The molecule has 0 fully saturated rings. The Labute approximate surface area is 124 Å². The molecular formula is C15H22N2O4. The zero-order valence-corrected chi connectivity index (χ0v) is 13.0. The first-order valence-corrected chi connectivity index (χ1v) is 6.57. The first-order chi connectivity index (χ1) is 9.49. The number of aliphatic carboxylic acids is 1. The monoisotopic (exact) mass is 294 g/mol. The second-order valence-corrected chi connectivity index (χ2v) is 6.06. The fourth-order valence-corrected chi connectivity index (χ4v) is 1.57. The summed E-state index contributed by atoms with van der Waals surface area (Å²) in [6, 6.07) is 5.74. The number of urea groups is 1. The van der Waals surface area contributed by atoms with Crippen molar-refractivity contribution >= 4 is 17.7 Å². The normalized spacial score (nSPS) is 11.9. The summed E-state index contributed by atoms with van der Waals surface area (Å²) in [5, 5.41) is 21.3. The number of nitrogens with zero attached hydrogens (tertiary/aromatic N) is 1. The van der Waals surface area contributed by atoms with E-state index in [9.17, 15) is 19.8 Å². The Balaban J connectivity index is 2.90. The zero-order valence-electron chi connectivity index (χ0n) is 13.0. The number of amides is 2. The van der Waals surface area contributed by atoms with Gasteiger partial charge in [-0.1, -0.05) is 0 Å². The van der Waals surface area contributed by atoms with E-state index in [1.165, 1.54) is 17.0 Å². The number of phenolic OH excluding ortho intramolecular Hbond substituents is 1. The van der Waals surface area contributed by atoms with Gasteiger partial charge >= 0.3 is 12.0 Å². The molecule has 0 saturated heterocycles. The molecule has 1 rings (SSSR count). The lowest BCUT2D eigenvalue weighted by Crippen LogP contribution is -2.59. The Morgan fingerprint density at radius 1 is 1.10 bits per heavy atom. The van der Waals surface area contributed by atoms with Gasteiger partial charge in [-0.15, -0.1) is 0 Å². The predicted molar refractivity (Wildman–Crippen MR) is 80.5 cm³/mol. The molecule has 0 atom stereocenters. The summed E-state index contributed by atoms with van der Waals surface area (Å²) in [6.07, 6.45) is 0. The van der Waals surface area contributed by atoms with Gasteiger partial charge in [-0.3, -0.25) is 9.69 Å². The van der Waals surface area contributed by atoms with E-state index in [1.807, 2.05) is 0 Å². The number of carbonyl (C=O) groups is 2. The van der Waals surface area contributed by atoms with Gasteiger partial charge in [0, 0.05) is 12.7 Å². The van der Waals surface area contributed by atoms with Crippen molar-refractivity contribution in [3.63, 3.8) is 0 Å². The maximum Gasteiger partial charge on any atom is 0.322 e. The standard InChI is InChI=1S/C15H22N2O4/c1-14(2,12(19)20)15(3,4)16-13(21)17(5)10-6-8-11(18)9-7-10/h6-9,18H,1-5H3,(H,16,21)(H,19,20). The van der Waals surface area contributed by atoms with E-state index in [1.54, 1.807) is 46.9 Å². The van der Waals surface area contributed by atoms with Gasteiger partial charge in [0.05, 0.1) is 11.0 Å². The molecule has 2 amide bonds. The van der Waals surface area contributed by atoms with Gasteiger partial charge in [0.2, 0.25) is 0 Å². The lowest BCUT2D eigenvalue weighted by atomic mass is 9.74. The van der Waals surface area contributed by atoms with Crippen LogP contribution < -0.4 is 10.2 Å². The van der Waals surface area contributed by atoms with Crippen molar-refractivity contribution in [2.45, 2.75) is 33.2 Å². The molecule has 6 heteroatoms. The van der Waals surface area contributed by atoms with Crippen LogP contribution >= 0.6 is 0 Å². The first-order valence-electron chi connectivity index (χ1n) is 6.57. The first kappa shape index (κ1) is 16.8. The van der Waals surface area contributed by atoms with E-state index in [4.69, 9.17) is 0 Å². The smallest absolute Gasteiger partial charge is 0.322 e. The Morgan fingerprint density at radius 2 is 1.57 bits per heavy atom. The summed E-state index contributed by atoms with van der Waals surface area (Å²) in [4.78, 5) is 25.0. The van der Waals surface area contributed by atoms with Crippen LogP contribution in [0.4, 0.5) is 10.5 Å². The van der Waals surface area contributed by atoms with E-state index >= 15 is 0 Å². The van der Waals surface area contributed by atoms with Crippen molar-refractivity contribution in [2.24, 2.45) is 5.41 Å². The third-order valence-electron chi connectivity index (χ3n) is 4.06. The fourth-order valence-electron chi connectivity index (χ4n) is 1.57. The van der Waals surface area contributed by atoms with Crippen LogP contribution in [0.2, 0.25) is 0 Å². The lowest BCUT2D eigenvalue weighted by Gasteiger charge is -2.39. The van der Waals surface area contributed by atoms with Crippen LogP contribution in [0.15, 0.2) is 24.3 Å². The summed E-state index contributed by atoms with van der Waals surface area (Å²) in [5.41, 5.74) is -1.48. The molecule has 0 radical (unpaired) electrons. The minimum Gasteiger partial charge on any atom is -0.508 e. The molecule has 0 aliphatic carbocycles. The van der Waals surface area contributed by atoms with Gasteiger partial charge in [-0.05, 0) is 52.0 Å². The highest BCUT2D eigenvalue weighted by molar-refractivity contribution is 5.92. The van der Waals surface area contributed by atoms with Crippen LogP contribution in [0.3, 0.4) is 0 Å². The summed E-state index contributed by atoms with van der Waals surface area (Å²) < 4.78 is 0. The van der Waals surface area contributed by atoms with Gasteiger partial charge in [0.25, 0.3) is 0 Å². The number of hydrogen-bond acceptors (Lipinski definition) is 3. The van der Waals surface area contributed by atoms with E-state index in [2.05, 4.69) is 5.32 Å². The van der Waals surface area contributed by atoms with Crippen LogP contribution in [0.1, 0.15) is 27.7 Å². The van der Waals surface area contributed by atoms with Crippen LogP contribution in [-0.2, 0) is 4.79 Å². The molecular weight excluding hydrogens is 272 g/mol. The average Bonchev–Trinajstić information content (AvgIpc) is 2.37. The summed E-state index contributed by atoms with van der Waals surface area (Å²) in [7, 11) is 1.57. The van der Waals surface area contributed by atoms with E-state index < -0.39 is 23.0 Å². The van der Waals surface area contributed by atoms with Gasteiger partial charge in [0.1, 0.15) is 5.75 Å². The molecule has 0 saturated carbocycles. The molecule has 1 aromatic rings. The predicted octanol–water partition coefficient (Wildman–Crippen LogP) is 2.43. The molecule has 21 heavy (non-hydrogen) atoms. The third kappa shape index (κ3) is 3.45. The number of rotatable bonds is 4. The topological polar surface area (TPSA) is 89.9 Å². The summed E-state index contributed by atoms with van der Waals surface area (Å²) >= 11 is 0. The van der Waals surface area contributed by atoms with Crippen molar-refractivity contribution in [1.29, 1.82) is 0 Å². The van der Waals surface area contributed by atoms with E-state index in [0.717, 1.165) is 0 Å². The molecule has 0 aliphatic heterocycles. The van der Waals surface area contributed by atoms with E-state index in [-0.39, 0.29) is 5.75 Å². The number of phenols is 1. The Morgan fingerprint density at radius 3 is 2.00 bits per heavy atom. The van der Waals surface area contributed by atoms with Crippen molar-refractivity contribution in [2.75, 3.05) is 11.9 Å². The van der Waals surface area contributed by atoms with Crippen molar-refractivity contribution in [3.05, 3.63) is 24.3 Å². The number of carboxylic acid groups (broad SMARTS) is 1. The highest BCUT2D eigenvalue weighted by Crippen LogP contribution is 2.31. The second kappa shape index (κ2) is 5.63. The molecule has 0 aromatic heterocycles. The average molecular weight is 294 g/mol. The molecule has 0 aliphatic rings. The van der Waals surface area contributed by atoms with Crippen molar-refractivity contribution in [3.8, 4) is 5.75 Å². The molecule has 0 unspecified atom stereocenters. The minimum absolute atomic E-state index is 0.111. The largest absolute Gasteiger partial charge is 0.508 e. The summed E-state index contributed by atoms with van der Waals surface area (Å²) in [5.74, 6) is -0.875. The quantitative estimate of drug-likeness (QED) is 0.795. The van der Waals surface area contributed by atoms with E-state index in [0.29, 0.717) is 5.69 Å².